The molecule has 2 aromatic heterocycles. The third-order valence-corrected chi connectivity index (χ3v) is 7.98. The van der Waals surface area contributed by atoms with E-state index in [2.05, 4.69) is 48.1 Å². The molecule has 1 amide bonds. The van der Waals surface area contributed by atoms with Crippen molar-refractivity contribution in [3.8, 4) is 22.4 Å². The molecular formula is C32H37N7O. The number of carbonyl (C=O) groups excluding carboxylic acids is 1. The summed E-state index contributed by atoms with van der Waals surface area (Å²) < 4.78 is 0. The lowest BCUT2D eigenvalue weighted by Gasteiger charge is -2.30. The lowest BCUT2D eigenvalue weighted by molar-refractivity contribution is 0.0827. The second-order valence-corrected chi connectivity index (χ2v) is 11.9. The van der Waals surface area contributed by atoms with Gasteiger partial charge in [0.15, 0.2) is 5.65 Å². The molecule has 0 spiro atoms. The predicted octanol–water partition coefficient (Wildman–Crippen LogP) is 4.83. The third kappa shape index (κ3) is 5.11. The van der Waals surface area contributed by atoms with Crippen molar-refractivity contribution in [3.05, 3.63) is 71.0 Å². The van der Waals surface area contributed by atoms with Crippen LogP contribution in [-0.4, -0.2) is 75.8 Å². The average molecular weight is 536 g/mol. The summed E-state index contributed by atoms with van der Waals surface area (Å²) in [6, 6.07) is 12.2. The van der Waals surface area contributed by atoms with Gasteiger partial charge in [0.2, 0.25) is 0 Å². The monoisotopic (exact) mass is 535 g/mol. The summed E-state index contributed by atoms with van der Waals surface area (Å²) in [5.41, 5.74) is 10.4. The Morgan fingerprint density at radius 1 is 1.12 bits per heavy atom. The van der Waals surface area contributed by atoms with Gasteiger partial charge in [0.05, 0.1) is 29.8 Å². The molecule has 8 nitrogen and oxygen atoms in total. The minimum absolute atomic E-state index is 0.0122. The summed E-state index contributed by atoms with van der Waals surface area (Å²) in [4.78, 5) is 34.2. The normalized spacial score (nSPS) is 16.5. The maximum absolute atomic E-state index is 12.3. The van der Waals surface area contributed by atoms with Gasteiger partial charge in [-0.05, 0) is 73.7 Å². The fraction of sp³-hybridized carbons (Fsp3) is 0.375. The van der Waals surface area contributed by atoms with Crippen molar-refractivity contribution in [1.29, 1.82) is 0 Å². The number of aromatic amines is 1. The molecular weight excluding hydrogens is 498 g/mol. The van der Waals surface area contributed by atoms with Crippen LogP contribution in [0.4, 0.5) is 0 Å². The van der Waals surface area contributed by atoms with Crippen LogP contribution in [0.25, 0.3) is 33.5 Å². The first kappa shape index (κ1) is 26.2. The number of aliphatic imine (C=N–C) groups is 1. The van der Waals surface area contributed by atoms with Crippen LogP contribution in [0.1, 0.15) is 47.3 Å². The molecule has 40 heavy (non-hydrogen) atoms. The molecule has 6 rings (SSSR count). The second-order valence-electron chi connectivity index (χ2n) is 11.9. The fourth-order valence-electron chi connectivity index (χ4n) is 5.79. The molecule has 0 unspecified atom stereocenters. The van der Waals surface area contributed by atoms with Gasteiger partial charge in [-0.1, -0.05) is 12.1 Å². The highest BCUT2D eigenvalue weighted by atomic mass is 16.2. The minimum atomic E-state index is -0.0122. The molecule has 4 heterocycles. The summed E-state index contributed by atoms with van der Waals surface area (Å²) in [6.07, 6.45) is 5.82. The van der Waals surface area contributed by atoms with E-state index >= 15 is 0 Å². The molecule has 2 aromatic carbocycles. The SMILES string of the molecule is Cc1cc(-c2cnc3[nH]cc(-c4ccc(C(=O)N(C)C)cc4)c3n2)cc2c1CCN(CCC1=NCC(C)(C)N1)C2. The van der Waals surface area contributed by atoms with Gasteiger partial charge in [-0.15, -0.1) is 0 Å². The topological polar surface area (TPSA) is 89.5 Å². The van der Waals surface area contributed by atoms with E-state index in [9.17, 15) is 4.79 Å². The number of aromatic nitrogens is 3. The third-order valence-electron chi connectivity index (χ3n) is 7.98. The Labute approximate surface area is 235 Å². The number of amides is 1. The van der Waals surface area contributed by atoms with Gasteiger partial charge < -0.3 is 15.2 Å². The predicted molar refractivity (Wildman–Crippen MR) is 161 cm³/mol. The first-order valence-electron chi connectivity index (χ1n) is 14.0. The van der Waals surface area contributed by atoms with Crippen molar-refractivity contribution in [3.63, 3.8) is 0 Å². The number of carbonyl (C=O) groups is 1. The molecule has 2 aliphatic heterocycles. The van der Waals surface area contributed by atoms with Crippen LogP contribution in [0, 0.1) is 6.92 Å². The molecule has 0 fully saturated rings. The number of nitrogens with zero attached hydrogens (tertiary/aromatic N) is 5. The van der Waals surface area contributed by atoms with Gasteiger partial charge >= 0.3 is 0 Å². The van der Waals surface area contributed by atoms with Crippen LogP contribution in [0.2, 0.25) is 0 Å². The zero-order chi connectivity index (χ0) is 28.0. The number of rotatable bonds is 6. The molecule has 0 saturated heterocycles. The first-order chi connectivity index (χ1) is 19.2. The summed E-state index contributed by atoms with van der Waals surface area (Å²) in [7, 11) is 3.52. The summed E-state index contributed by atoms with van der Waals surface area (Å²) in [5, 5.41) is 3.56. The van der Waals surface area contributed by atoms with E-state index in [1.165, 1.54) is 16.7 Å². The van der Waals surface area contributed by atoms with E-state index in [1.807, 2.05) is 36.7 Å². The Kier molecular flexibility index (Phi) is 6.66. The number of fused-ring (bicyclic) bond motifs is 2. The summed E-state index contributed by atoms with van der Waals surface area (Å²) in [5.74, 6) is 1.12. The standard InChI is InChI=1S/C32H37N7O/c1-20-14-23(15-24-18-39(12-10-25(20)24)13-11-28-35-19-32(2,3)37-28)27-17-34-30-29(36-27)26(16-33-30)21-6-8-22(9-7-21)31(40)38(4)5/h6-9,14-17H,10-13,18-19H2,1-5H3,(H,33,34)(H,35,37). The molecule has 4 aromatic rings. The van der Waals surface area contributed by atoms with Crippen LogP contribution >= 0.6 is 0 Å². The Morgan fingerprint density at radius 3 is 2.65 bits per heavy atom. The van der Waals surface area contributed by atoms with Gasteiger partial charge in [0, 0.05) is 63.0 Å². The van der Waals surface area contributed by atoms with Gasteiger partial charge in [-0.2, -0.15) is 0 Å². The molecule has 2 aliphatic rings. The van der Waals surface area contributed by atoms with Crippen molar-refractivity contribution in [1.82, 2.24) is 30.1 Å². The number of benzene rings is 2. The van der Waals surface area contributed by atoms with Crippen LogP contribution in [0.5, 0.6) is 0 Å². The Hall–Kier alpha value is -4.04. The summed E-state index contributed by atoms with van der Waals surface area (Å²) >= 11 is 0. The Morgan fingerprint density at radius 2 is 1.93 bits per heavy atom. The maximum atomic E-state index is 12.3. The number of aryl methyl sites for hydroxylation is 1. The fourth-order valence-corrected chi connectivity index (χ4v) is 5.79. The van der Waals surface area contributed by atoms with Gasteiger partial charge in [-0.25, -0.2) is 9.97 Å². The lowest BCUT2D eigenvalue weighted by Crippen LogP contribution is -2.41. The number of nitrogens with one attached hydrogen (secondary N) is 2. The lowest BCUT2D eigenvalue weighted by atomic mass is 9.92. The summed E-state index contributed by atoms with van der Waals surface area (Å²) in [6.45, 7) is 10.5. The number of hydrogen-bond acceptors (Lipinski definition) is 6. The highest BCUT2D eigenvalue weighted by molar-refractivity contribution is 5.96. The quantitative estimate of drug-likeness (QED) is 0.369. The maximum Gasteiger partial charge on any atom is 0.253 e. The Balaban J connectivity index is 1.24. The largest absolute Gasteiger partial charge is 0.367 e. The number of hydrogen-bond donors (Lipinski definition) is 2. The van der Waals surface area contributed by atoms with Crippen molar-refractivity contribution in [2.45, 2.75) is 45.7 Å². The van der Waals surface area contributed by atoms with Gasteiger partial charge in [0.1, 0.15) is 5.52 Å². The average Bonchev–Trinajstić information content (AvgIpc) is 3.53. The molecule has 206 valence electrons. The Bertz CT molecular complexity index is 1610. The van der Waals surface area contributed by atoms with Crippen LogP contribution in [0.3, 0.4) is 0 Å². The van der Waals surface area contributed by atoms with Crippen molar-refractivity contribution in [2.24, 2.45) is 4.99 Å². The first-order valence-corrected chi connectivity index (χ1v) is 14.0. The molecule has 8 heteroatoms. The van der Waals surface area contributed by atoms with E-state index in [4.69, 9.17) is 15.0 Å². The second kappa shape index (κ2) is 10.2. The van der Waals surface area contributed by atoms with Crippen LogP contribution < -0.4 is 5.32 Å². The van der Waals surface area contributed by atoms with Crippen molar-refractivity contribution in [2.75, 3.05) is 33.7 Å². The minimum Gasteiger partial charge on any atom is -0.367 e. The van der Waals surface area contributed by atoms with E-state index in [0.29, 0.717) is 5.56 Å². The molecule has 2 N–H and O–H groups in total. The van der Waals surface area contributed by atoms with Crippen molar-refractivity contribution < 1.29 is 4.79 Å². The number of amidine groups is 1. The highest BCUT2D eigenvalue weighted by Gasteiger charge is 2.26. The van der Waals surface area contributed by atoms with Crippen LogP contribution in [0.15, 0.2) is 53.8 Å². The number of H-pyrrole nitrogens is 1. The smallest absolute Gasteiger partial charge is 0.253 e. The van der Waals surface area contributed by atoms with Crippen molar-refractivity contribution >= 4 is 22.9 Å². The molecule has 0 atom stereocenters. The van der Waals surface area contributed by atoms with Crippen LogP contribution in [-0.2, 0) is 13.0 Å². The van der Waals surface area contributed by atoms with E-state index in [0.717, 1.165) is 78.4 Å². The van der Waals surface area contributed by atoms with Gasteiger partial charge in [-0.3, -0.25) is 14.7 Å². The zero-order valence-electron chi connectivity index (χ0n) is 24.0. The van der Waals surface area contributed by atoms with E-state index < -0.39 is 0 Å². The van der Waals surface area contributed by atoms with E-state index in [-0.39, 0.29) is 11.4 Å². The molecule has 0 saturated carbocycles. The molecule has 0 aliphatic carbocycles. The molecule has 0 bridgehead atoms. The van der Waals surface area contributed by atoms with E-state index in [1.54, 1.807) is 19.0 Å². The highest BCUT2D eigenvalue weighted by Crippen LogP contribution is 2.32. The zero-order valence-corrected chi connectivity index (χ0v) is 24.0. The molecule has 0 radical (unpaired) electrons. The van der Waals surface area contributed by atoms with Gasteiger partial charge in [0.25, 0.3) is 5.91 Å².